The standard InChI is InChI=1S/C17H18N2O4S/c1-11-4-6-14(8-12(11)2)24(21,22)18-13-5-7-16-15(9-13)19(3)17(20)10-23-16/h4-9,18H,10H2,1-3H3. The van der Waals surface area contributed by atoms with Gasteiger partial charge in [-0.05, 0) is 55.3 Å². The summed E-state index contributed by atoms with van der Waals surface area (Å²) in [6.07, 6.45) is 0. The highest BCUT2D eigenvalue weighted by Gasteiger charge is 2.23. The zero-order valence-corrected chi connectivity index (χ0v) is 14.5. The Morgan fingerprint density at radius 2 is 1.83 bits per heavy atom. The maximum atomic E-state index is 12.6. The number of aryl methyl sites for hydroxylation is 2. The second-order valence-electron chi connectivity index (χ2n) is 5.78. The molecular weight excluding hydrogens is 328 g/mol. The molecule has 1 aliphatic heterocycles. The van der Waals surface area contributed by atoms with E-state index in [4.69, 9.17) is 4.74 Å². The summed E-state index contributed by atoms with van der Waals surface area (Å²) in [5.41, 5.74) is 2.84. The summed E-state index contributed by atoms with van der Waals surface area (Å²) in [6, 6.07) is 9.83. The van der Waals surface area contributed by atoms with E-state index in [0.717, 1.165) is 11.1 Å². The normalized spacial score (nSPS) is 14.1. The Hall–Kier alpha value is -2.54. The molecule has 0 aromatic heterocycles. The summed E-state index contributed by atoms with van der Waals surface area (Å²) < 4.78 is 33.0. The van der Waals surface area contributed by atoms with Crippen LogP contribution in [0.3, 0.4) is 0 Å². The number of nitrogens with one attached hydrogen (secondary N) is 1. The van der Waals surface area contributed by atoms with Gasteiger partial charge in [0.1, 0.15) is 5.75 Å². The number of hydrogen-bond acceptors (Lipinski definition) is 4. The molecule has 0 aliphatic carbocycles. The third kappa shape index (κ3) is 2.94. The quantitative estimate of drug-likeness (QED) is 0.926. The summed E-state index contributed by atoms with van der Waals surface area (Å²) >= 11 is 0. The number of ether oxygens (including phenoxy) is 1. The fraction of sp³-hybridized carbons (Fsp3) is 0.235. The van der Waals surface area contributed by atoms with Crippen LogP contribution in [0.15, 0.2) is 41.3 Å². The topological polar surface area (TPSA) is 75.7 Å². The van der Waals surface area contributed by atoms with Gasteiger partial charge < -0.3 is 9.64 Å². The largest absolute Gasteiger partial charge is 0.482 e. The molecule has 1 amide bonds. The van der Waals surface area contributed by atoms with E-state index in [1.165, 1.54) is 4.90 Å². The molecular formula is C17H18N2O4S. The van der Waals surface area contributed by atoms with Gasteiger partial charge in [0.2, 0.25) is 0 Å². The lowest BCUT2D eigenvalue weighted by Gasteiger charge is -2.26. The SMILES string of the molecule is Cc1ccc(S(=O)(=O)Nc2ccc3c(c2)N(C)C(=O)CO3)cc1C. The molecule has 0 radical (unpaired) electrons. The van der Waals surface area contributed by atoms with Gasteiger partial charge in [0, 0.05) is 7.05 Å². The van der Waals surface area contributed by atoms with E-state index in [-0.39, 0.29) is 17.4 Å². The van der Waals surface area contributed by atoms with Gasteiger partial charge in [-0.1, -0.05) is 6.07 Å². The van der Waals surface area contributed by atoms with Crippen molar-refractivity contribution in [3.63, 3.8) is 0 Å². The Kier molecular flexibility index (Phi) is 3.96. The van der Waals surface area contributed by atoms with Crippen LogP contribution in [0, 0.1) is 13.8 Å². The Bertz CT molecular complexity index is 922. The first kappa shape index (κ1) is 16.3. The first-order chi connectivity index (χ1) is 11.3. The van der Waals surface area contributed by atoms with E-state index in [9.17, 15) is 13.2 Å². The lowest BCUT2D eigenvalue weighted by Crippen LogP contribution is -2.35. The Labute approximate surface area is 141 Å². The van der Waals surface area contributed by atoms with Gasteiger partial charge in [0.05, 0.1) is 16.3 Å². The van der Waals surface area contributed by atoms with Gasteiger partial charge in [-0.15, -0.1) is 0 Å². The van der Waals surface area contributed by atoms with Gasteiger partial charge >= 0.3 is 0 Å². The monoisotopic (exact) mass is 346 g/mol. The highest BCUT2D eigenvalue weighted by Crippen LogP contribution is 2.34. The molecule has 0 saturated carbocycles. The van der Waals surface area contributed by atoms with Crippen LogP contribution in [-0.4, -0.2) is 28.0 Å². The van der Waals surface area contributed by atoms with Gasteiger partial charge in [-0.2, -0.15) is 0 Å². The van der Waals surface area contributed by atoms with Crippen molar-refractivity contribution >= 4 is 27.3 Å². The molecule has 0 atom stereocenters. The van der Waals surface area contributed by atoms with Crippen LogP contribution in [0.2, 0.25) is 0 Å². The molecule has 24 heavy (non-hydrogen) atoms. The molecule has 0 bridgehead atoms. The van der Waals surface area contributed by atoms with Crippen molar-refractivity contribution in [2.45, 2.75) is 18.7 Å². The number of carbonyl (C=O) groups is 1. The number of hydrogen-bond donors (Lipinski definition) is 1. The van der Waals surface area contributed by atoms with Gasteiger partial charge in [-0.25, -0.2) is 8.42 Å². The molecule has 1 heterocycles. The molecule has 1 N–H and O–H groups in total. The van der Waals surface area contributed by atoms with E-state index in [0.29, 0.717) is 17.1 Å². The van der Waals surface area contributed by atoms with Crippen LogP contribution < -0.4 is 14.4 Å². The number of sulfonamides is 1. The highest BCUT2D eigenvalue weighted by atomic mass is 32.2. The zero-order chi connectivity index (χ0) is 17.5. The van der Waals surface area contributed by atoms with E-state index in [1.807, 2.05) is 13.8 Å². The van der Waals surface area contributed by atoms with Crippen molar-refractivity contribution < 1.29 is 17.9 Å². The maximum Gasteiger partial charge on any atom is 0.264 e. The Morgan fingerprint density at radius 3 is 2.54 bits per heavy atom. The molecule has 0 unspecified atom stereocenters. The van der Waals surface area contributed by atoms with Crippen LogP contribution >= 0.6 is 0 Å². The number of nitrogens with zero attached hydrogens (tertiary/aromatic N) is 1. The van der Waals surface area contributed by atoms with Crippen LogP contribution in [0.25, 0.3) is 0 Å². The molecule has 0 saturated heterocycles. The number of anilines is 2. The van der Waals surface area contributed by atoms with Crippen LogP contribution in [0.4, 0.5) is 11.4 Å². The third-order valence-corrected chi connectivity index (χ3v) is 5.47. The van der Waals surface area contributed by atoms with E-state index >= 15 is 0 Å². The fourth-order valence-corrected chi connectivity index (χ4v) is 3.57. The molecule has 0 fully saturated rings. The predicted molar refractivity (Wildman–Crippen MR) is 92.1 cm³/mol. The number of carbonyl (C=O) groups excluding carboxylic acids is 1. The summed E-state index contributed by atoms with van der Waals surface area (Å²) in [4.78, 5) is 13.4. The molecule has 126 valence electrons. The van der Waals surface area contributed by atoms with Crippen LogP contribution in [0.5, 0.6) is 5.75 Å². The van der Waals surface area contributed by atoms with Gasteiger partial charge in [0.15, 0.2) is 6.61 Å². The van der Waals surface area contributed by atoms with Crippen LogP contribution in [-0.2, 0) is 14.8 Å². The summed E-state index contributed by atoms with van der Waals surface area (Å²) in [6.45, 7) is 3.78. The lowest BCUT2D eigenvalue weighted by atomic mass is 10.1. The van der Waals surface area contributed by atoms with Gasteiger partial charge in [-0.3, -0.25) is 9.52 Å². The second-order valence-corrected chi connectivity index (χ2v) is 7.46. The fourth-order valence-electron chi connectivity index (χ4n) is 2.43. The second kappa shape index (κ2) is 5.83. The van der Waals surface area contributed by atoms with Crippen molar-refractivity contribution in [3.8, 4) is 5.75 Å². The van der Waals surface area contributed by atoms with E-state index in [1.54, 1.807) is 43.4 Å². The third-order valence-electron chi connectivity index (χ3n) is 4.09. The summed E-state index contributed by atoms with van der Waals surface area (Å²) in [7, 11) is -2.07. The molecule has 1 aliphatic rings. The predicted octanol–water partition coefficient (Wildman–Crippen LogP) is 2.46. The zero-order valence-electron chi connectivity index (χ0n) is 13.7. The molecule has 6 nitrogen and oxygen atoms in total. The van der Waals surface area contributed by atoms with E-state index in [2.05, 4.69) is 4.72 Å². The minimum Gasteiger partial charge on any atom is -0.482 e. The van der Waals surface area contributed by atoms with Crippen molar-refractivity contribution in [1.82, 2.24) is 0 Å². The van der Waals surface area contributed by atoms with Crippen LogP contribution in [0.1, 0.15) is 11.1 Å². The number of likely N-dealkylation sites (N-methyl/N-ethyl adjacent to an activating group) is 1. The Morgan fingerprint density at radius 1 is 1.08 bits per heavy atom. The Balaban J connectivity index is 1.93. The summed E-state index contributed by atoms with van der Waals surface area (Å²) in [5.74, 6) is 0.364. The van der Waals surface area contributed by atoms with Crippen molar-refractivity contribution in [3.05, 3.63) is 47.5 Å². The molecule has 7 heteroatoms. The molecule has 2 aromatic carbocycles. The molecule has 3 rings (SSSR count). The number of rotatable bonds is 3. The first-order valence-corrected chi connectivity index (χ1v) is 8.90. The highest BCUT2D eigenvalue weighted by molar-refractivity contribution is 7.92. The number of benzene rings is 2. The minimum atomic E-state index is -3.70. The van der Waals surface area contributed by atoms with Crippen molar-refractivity contribution in [2.75, 3.05) is 23.3 Å². The minimum absolute atomic E-state index is 0.0166. The average Bonchev–Trinajstić information content (AvgIpc) is 2.53. The van der Waals surface area contributed by atoms with E-state index < -0.39 is 10.0 Å². The number of amides is 1. The van der Waals surface area contributed by atoms with Crippen molar-refractivity contribution in [2.24, 2.45) is 0 Å². The number of fused-ring (bicyclic) bond motifs is 1. The average molecular weight is 346 g/mol. The van der Waals surface area contributed by atoms with Gasteiger partial charge in [0.25, 0.3) is 15.9 Å². The smallest absolute Gasteiger partial charge is 0.264 e. The molecule has 2 aromatic rings. The first-order valence-electron chi connectivity index (χ1n) is 7.41. The van der Waals surface area contributed by atoms with Crippen molar-refractivity contribution in [1.29, 1.82) is 0 Å². The summed E-state index contributed by atoms with van der Waals surface area (Å²) in [5, 5.41) is 0. The molecule has 0 spiro atoms. The maximum absolute atomic E-state index is 12.6. The lowest BCUT2D eigenvalue weighted by molar-refractivity contribution is -0.120.